The molecular formula is C19H17Cl2NS. The molecule has 1 nitrogen and oxygen atoms in total. The van der Waals surface area contributed by atoms with Gasteiger partial charge in [-0.3, -0.25) is 5.32 Å². The molecule has 23 heavy (non-hydrogen) atoms. The number of thioether (sulfide) groups is 1. The fraction of sp³-hybridized carbons (Fsp3) is 0.263. The Morgan fingerprint density at radius 1 is 1.22 bits per heavy atom. The lowest BCUT2D eigenvalue weighted by Gasteiger charge is -2.13. The highest BCUT2D eigenvalue weighted by molar-refractivity contribution is 7.98. The first-order valence-corrected chi connectivity index (χ1v) is 9.28. The molecule has 1 unspecified atom stereocenters. The Kier molecular flexibility index (Phi) is 5.56. The topological polar surface area (TPSA) is 12.0 Å². The number of terminal acetylenes is 1. The van der Waals surface area contributed by atoms with Gasteiger partial charge in [-0.15, -0.1) is 18.2 Å². The molecule has 0 saturated heterocycles. The first kappa shape index (κ1) is 16.7. The fourth-order valence-corrected chi connectivity index (χ4v) is 4.33. The van der Waals surface area contributed by atoms with E-state index in [9.17, 15) is 0 Å². The van der Waals surface area contributed by atoms with Gasteiger partial charge in [-0.05, 0) is 47.7 Å². The largest absolute Gasteiger partial charge is 0.299 e. The first-order valence-electron chi connectivity index (χ1n) is 7.54. The number of benzene rings is 2. The second-order valence-corrected chi connectivity index (χ2v) is 7.37. The van der Waals surface area contributed by atoms with E-state index in [0.717, 1.165) is 18.6 Å². The van der Waals surface area contributed by atoms with Crippen molar-refractivity contribution in [1.82, 2.24) is 5.32 Å². The average molecular weight is 362 g/mol. The minimum absolute atomic E-state index is 0.381. The molecule has 0 bridgehead atoms. The Morgan fingerprint density at radius 3 is 2.87 bits per heavy atom. The third-order valence-electron chi connectivity index (χ3n) is 4.06. The molecule has 1 atom stereocenters. The molecule has 0 amide bonds. The van der Waals surface area contributed by atoms with Gasteiger partial charge in [-0.25, -0.2) is 0 Å². The molecule has 0 aliphatic heterocycles. The smallest absolute Gasteiger partial charge is 0.0595 e. The zero-order valence-corrected chi connectivity index (χ0v) is 14.9. The summed E-state index contributed by atoms with van der Waals surface area (Å²) in [6.07, 6.45) is 7.57. The fourth-order valence-electron chi connectivity index (χ4n) is 2.94. The highest BCUT2D eigenvalue weighted by Crippen LogP contribution is 2.38. The summed E-state index contributed by atoms with van der Waals surface area (Å²) in [4.78, 5) is 1.35. The Morgan fingerprint density at radius 2 is 2.09 bits per heavy atom. The average Bonchev–Trinajstić information content (AvgIpc) is 2.98. The van der Waals surface area contributed by atoms with Crippen molar-refractivity contribution in [2.45, 2.75) is 29.5 Å². The highest BCUT2D eigenvalue weighted by atomic mass is 35.5. The lowest BCUT2D eigenvalue weighted by molar-refractivity contribution is 0.568. The van der Waals surface area contributed by atoms with Gasteiger partial charge in [0.1, 0.15) is 0 Å². The quantitative estimate of drug-likeness (QED) is 0.557. The van der Waals surface area contributed by atoms with E-state index in [1.807, 2.05) is 30.0 Å². The van der Waals surface area contributed by atoms with E-state index in [0.29, 0.717) is 22.6 Å². The van der Waals surface area contributed by atoms with Gasteiger partial charge in [-0.1, -0.05) is 47.3 Å². The molecule has 1 N–H and O–H groups in total. The third kappa shape index (κ3) is 3.87. The van der Waals surface area contributed by atoms with Gasteiger partial charge < -0.3 is 0 Å². The van der Waals surface area contributed by atoms with Crippen molar-refractivity contribution in [3.05, 3.63) is 63.1 Å². The molecule has 3 rings (SSSR count). The lowest BCUT2D eigenvalue weighted by atomic mass is 10.1. The van der Waals surface area contributed by atoms with Crippen molar-refractivity contribution in [3.63, 3.8) is 0 Å². The summed E-state index contributed by atoms with van der Waals surface area (Å²) in [5, 5.41) is 4.64. The number of nitrogens with one attached hydrogen (secondary N) is 1. The summed E-state index contributed by atoms with van der Waals surface area (Å²) in [5.74, 6) is 3.54. The van der Waals surface area contributed by atoms with E-state index >= 15 is 0 Å². The van der Waals surface area contributed by atoms with Gasteiger partial charge in [0.15, 0.2) is 0 Å². The summed E-state index contributed by atoms with van der Waals surface area (Å²) in [7, 11) is 0. The molecule has 1 aliphatic carbocycles. The van der Waals surface area contributed by atoms with Gasteiger partial charge in [-0.2, -0.15) is 0 Å². The number of hydrogen-bond acceptors (Lipinski definition) is 2. The van der Waals surface area contributed by atoms with Crippen molar-refractivity contribution < 1.29 is 0 Å². The normalized spacial score (nSPS) is 16.1. The minimum atomic E-state index is 0.381. The van der Waals surface area contributed by atoms with Crippen LogP contribution in [-0.2, 0) is 12.2 Å². The van der Waals surface area contributed by atoms with Crippen molar-refractivity contribution in [2.75, 3.05) is 6.54 Å². The Bertz CT molecular complexity index is 752. The number of halogens is 2. The summed E-state index contributed by atoms with van der Waals surface area (Å²) in [6.45, 7) is 0.616. The van der Waals surface area contributed by atoms with E-state index in [-0.39, 0.29) is 0 Å². The van der Waals surface area contributed by atoms with E-state index in [4.69, 9.17) is 29.6 Å². The van der Waals surface area contributed by atoms with Crippen LogP contribution in [0.2, 0.25) is 10.0 Å². The maximum absolute atomic E-state index is 6.09. The van der Waals surface area contributed by atoms with Gasteiger partial charge in [0, 0.05) is 16.7 Å². The second-order valence-electron chi connectivity index (χ2n) is 5.54. The predicted octanol–water partition coefficient (Wildman–Crippen LogP) is 5.50. The standard InChI is InChI=1S/C19H17Cl2NS/c1-2-10-22-18-9-7-15-14(18)4-3-5-19(15)23-12-13-6-8-16(20)17(21)11-13/h1,3-6,8,11,18,22H,7,9-10,12H2. The molecule has 0 radical (unpaired) electrons. The Hall–Kier alpha value is -1.11. The molecule has 1 aliphatic rings. The van der Waals surface area contributed by atoms with Gasteiger partial charge in [0.25, 0.3) is 0 Å². The van der Waals surface area contributed by atoms with Crippen molar-refractivity contribution >= 4 is 35.0 Å². The van der Waals surface area contributed by atoms with Crippen molar-refractivity contribution in [2.24, 2.45) is 0 Å². The maximum atomic E-state index is 6.09. The second kappa shape index (κ2) is 7.64. The molecule has 0 aromatic heterocycles. The van der Waals surface area contributed by atoms with Gasteiger partial charge in [0.2, 0.25) is 0 Å². The minimum Gasteiger partial charge on any atom is -0.299 e. The summed E-state index contributed by atoms with van der Waals surface area (Å²) in [6, 6.07) is 12.7. The van der Waals surface area contributed by atoms with Gasteiger partial charge in [0.05, 0.1) is 16.6 Å². The number of fused-ring (bicyclic) bond motifs is 1. The van der Waals surface area contributed by atoms with Crippen LogP contribution in [0.15, 0.2) is 41.3 Å². The molecule has 2 aromatic carbocycles. The molecule has 0 saturated carbocycles. The molecule has 0 fully saturated rings. The van der Waals surface area contributed by atoms with E-state index in [1.165, 1.54) is 21.6 Å². The predicted molar refractivity (Wildman–Crippen MR) is 100 cm³/mol. The molecular weight excluding hydrogens is 345 g/mol. The molecule has 4 heteroatoms. The van der Waals surface area contributed by atoms with Crippen LogP contribution in [0.3, 0.4) is 0 Å². The van der Waals surface area contributed by atoms with Crippen LogP contribution in [-0.4, -0.2) is 6.54 Å². The summed E-state index contributed by atoms with van der Waals surface area (Å²) in [5.41, 5.74) is 4.02. The van der Waals surface area contributed by atoms with Crippen molar-refractivity contribution in [3.8, 4) is 12.3 Å². The highest BCUT2D eigenvalue weighted by Gasteiger charge is 2.23. The molecule has 0 spiro atoms. The Balaban J connectivity index is 1.73. The molecule has 2 aromatic rings. The first-order chi connectivity index (χ1) is 11.2. The van der Waals surface area contributed by atoms with Crippen LogP contribution in [0.4, 0.5) is 0 Å². The van der Waals surface area contributed by atoms with Crippen LogP contribution in [0.5, 0.6) is 0 Å². The Labute approximate surface area is 151 Å². The SMILES string of the molecule is C#CCNC1CCc2c(SCc3ccc(Cl)c(Cl)c3)cccc21. The van der Waals surface area contributed by atoms with Crippen LogP contribution in [0.25, 0.3) is 0 Å². The van der Waals surface area contributed by atoms with Crippen LogP contribution in [0, 0.1) is 12.3 Å². The van der Waals surface area contributed by atoms with Gasteiger partial charge >= 0.3 is 0 Å². The maximum Gasteiger partial charge on any atom is 0.0595 e. The zero-order valence-electron chi connectivity index (χ0n) is 12.6. The molecule has 118 valence electrons. The summed E-state index contributed by atoms with van der Waals surface area (Å²) < 4.78 is 0. The van der Waals surface area contributed by atoms with E-state index < -0.39 is 0 Å². The zero-order chi connectivity index (χ0) is 16.2. The number of hydrogen-bond donors (Lipinski definition) is 1. The van der Waals surface area contributed by atoms with E-state index in [2.05, 4.69) is 29.4 Å². The third-order valence-corrected chi connectivity index (χ3v) is 5.97. The van der Waals surface area contributed by atoms with E-state index in [1.54, 1.807) is 0 Å². The number of rotatable bonds is 5. The monoisotopic (exact) mass is 361 g/mol. The summed E-state index contributed by atoms with van der Waals surface area (Å²) >= 11 is 13.9. The van der Waals surface area contributed by atoms with Crippen LogP contribution < -0.4 is 5.32 Å². The lowest BCUT2D eigenvalue weighted by Crippen LogP contribution is -2.19. The molecule has 0 heterocycles. The van der Waals surface area contributed by atoms with Crippen molar-refractivity contribution in [1.29, 1.82) is 0 Å². The van der Waals surface area contributed by atoms with Crippen LogP contribution in [0.1, 0.15) is 29.2 Å². The van der Waals surface area contributed by atoms with Crippen LogP contribution >= 0.6 is 35.0 Å².